The summed E-state index contributed by atoms with van der Waals surface area (Å²) >= 11 is 7.77. The van der Waals surface area contributed by atoms with Crippen LogP contribution in [0.2, 0.25) is 5.02 Å². The van der Waals surface area contributed by atoms with Gasteiger partial charge in [0.25, 0.3) is 0 Å². The molecule has 1 aliphatic heterocycles. The molecule has 2 heterocycles. The third-order valence-corrected chi connectivity index (χ3v) is 6.43. The topological polar surface area (TPSA) is 90.2 Å². The number of ether oxygens (including phenoxy) is 1. The van der Waals surface area contributed by atoms with Crippen LogP contribution in [0.4, 0.5) is 0 Å². The summed E-state index contributed by atoms with van der Waals surface area (Å²) in [6.07, 6.45) is -5.05. The minimum Gasteiger partial charge on any atom is -0.394 e. The Morgan fingerprint density at radius 2 is 1.79 bits per heavy atom. The van der Waals surface area contributed by atoms with Crippen molar-refractivity contribution in [2.75, 3.05) is 6.61 Å². The highest BCUT2D eigenvalue weighted by Gasteiger charge is 2.43. The molecule has 0 radical (unpaired) electrons. The Kier molecular flexibility index (Phi) is 5.71. The van der Waals surface area contributed by atoms with Crippen molar-refractivity contribution >= 4 is 33.0 Å². The number of fused-ring (bicyclic) bond motifs is 1. The lowest BCUT2D eigenvalue weighted by Crippen LogP contribution is -2.55. The molecule has 3 aromatic rings. The zero-order valence-electron chi connectivity index (χ0n) is 14.9. The Balaban J connectivity index is 1.58. The minimum atomic E-state index is -1.38. The van der Waals surface area contributed by atoms with Crippen LogP contribution in [0.5, 0.6) is 0 Å². The maximum absolute atomic E-state index is 10.3. The zero-order chi connectivity index (χ0) is 19.8. The number of rotatable bonds is 4. The summed E-state index contributed by atoms with van der Waals surface area (Å²) in [4.78, 5) is 1.18. The molecule has 4 N–H and O–H groups in total. The van der Waals surface area contributed by atoms with Crippen LogP contribution in [0.3, 0.4) is 0 Å². The van der Waals surface area contributed by atoms with Crippen LogP contribution >= 0.6 is 22.9 Å². The molecule has 0 spiro atoms. The van der Waals surface area contributed by atoms with Crippen LogP contribution in [-0.2, 0) is 11.2 Å². The molecular weight excluding hydrogens is 400 g/mol. The first-order valence-corrected chi connectivity index (χ1v) is 10.2. The van der Waals surface area contributed by atoms with Crippen molar-refractivity contribution in [2.45, 2.75) is 36.9 Å². The van der Waals surface area contributed by atoms with Crippen LogP contribution in [0, 0.1) is 0 Å². The van der Waals surface area contributed by atoms with E-state index in [1.54, 1.807) is 17.4 Å². The van der Waals surface area contributed by atoms with Gasteiger partial charge in [-0.3, -0.25) is 0 Å². The molecule has 0 aliphatic carbocycles. The lowest BCUT2D eigenvalue weighted by molar-refractivity contribution is -0.231. The molecule has 1 aromatic heterocycles. The van der Waals surface area contributed by atoms with Gasteiger partial charge in [-0.25, -0.2) is 0 Å². The maximum atomic E-state index is 10.3. The van der Waals surface area contributed by atoms with E-state index in [1.165, 1.54) is 9.58 Å². The Bertz CT molecular complexity index is 972. The van der Waals surface area contributed by atoms with Crippen molar-refractivity contribution in [1.82, 2.24) is 0 Å². The van der Waals surface area contributed by atoms with Crippen LogP contribution < -0.4 is 0 Å². The summed E-state index contributed by atoms with van der Waals surface area (Å²) in [7, 11) is 0. The number of hydrogen-bond acceptors (Lipinski definition) is 6. The zero-order valence-corrected chi connectivity index (χ0v) is 16.5. The second-order valence-corrected chi connectivity index (χ2v) is 8.67. The SMILES string of the molecule is OC[C@H]1O[C@@H](c2cccc(Cc3cc4cc(Cl)ccc4s3)c2)[C@H](O)[C@@H](O)[C@@H]1O. The van der Waals surface area contributed by atoms with E-state index in [4.69, 9.17) is 16.3 Å². The van der Waals surface area contributed by atoms with E-state index in [0.717, 1.165) is 10.9 Å². The van der Waals surface area contributed by atoms with Gasteiger partial charge in [0.05, 0.1) is 6.61 Å². The van der Waals surface area contributed by atoms with Gasteiger partial charge in [-0.2, -0.15) is 0 Å². The average molecular weight is 421 g/mol. The molecule has 5 nitrogen and oxygen atoms in total. The molecule has 0 bridgehead atoms. The van der Waals surface area contributed by atoms with Gasteiger partial charge in [0.15, 0.2) is 0 Å². The fourth-order valence-corrected chi connectivity index (χ4v) is 4.87. The van der Waals surface area contributed by atoms with E-state index in [0.29, 0.717) is 17.0 Å². The fourth-order valence-electron chi connectivity index (χ4n) is 3.61. The van der Waals surface area contributed by atoms with Crippen LogP contribution in [0.1, 0.15) is 22.1 Å². The first-order chi connectivity index (χ1) is 13.5. The summed E-state index contributed by atoms with van der Waals surface area (Å²) < 4.78 is 6.83. The summed E-state index contributed by atoms with van der Waals surface area (Å²) in [5.41, 5.74) is 1.73. The number of hydrogen-bond donors (Lipinski definition) is 4. The van der Waals surface area contributed by atoms with E-state index in [-0.39, 0.29) is 0 Å². The molecule has 5 atom stereocenters. The molecular formula is C21H21ClO5S. The smallest absolute Gasteiger partial charge is 0.113 e. The molecule has 1 saturated heterocycles. The fraction of sp³-hybridized carbons (Fsp3) is 0.333. The van der Waals surface area contributed by atoms with E-state index >= 15 is 0 Å². The Morgan fingerprint density at radius 3 is 2.57 bits per heavy atom. The quantitative estimate of drug-likeness (QED) is 0.521. The van der Waals surface area contributed by atoms with Crippen LogP contribution in [-0.4, -0.2) is 51.4 Å². The molecule has 148 valence electrons. The highest BCUT2D eigenvalue weighted by Crippen LogP contribution is 2.34. The maximum Gasteiger partial charge on any atom is 0.113 e. The lowest BCUT2D eigenvalue weighted by Gasteiger charge is -2.40. The second kappa shape index (κ2) is 8.08. The summed E-state index contributed by atoms with van der Waals surface area (Å²) in [6, 6.07) is 15.5. The van der Waals surface area contributed by atoms with Crippen molar-refractivity contribution in [3.63, 3.8) is 0 Å². The molecule has 4 rings (SSSR count). The molecule has 1 fully saturated rings. The van der Waals surface area contributed by atoms with Gasteiger partial charge in [-0.15, -0.1) is 11.3 Å². The van der Waals surface area contributed by atoms with Crippen molar-refractivity contribution in [3.8, 4) is 0 Å². The molecule has 0 amide bonds. The molecule has 0 unspecified atom stereocenters. The third-order valence-electron chi connectivity index (χ3n) is 5.08. The minimum absolute atomic E-state index is 0.439. The standard InChI is InChI=1S/C21H21ClO5S/c22-14-4-5-17-13(8-14)9-15(28-17)7-11-2-1-3-12(6-11)21-20(26)19(25)18(24)16(10-23)27-21/h1-6,8-9,16,18-21,23-26H,7,10H2/t16-,18-,19+,20-,21+/m1/s1. The lowest BCUT2D eigenvalue weighted by atomic mass is 9.90. The Hall–Kier alpha value is -1.51. The van der Waals surface area contributed by atoms with Crippen molar-refractivity contribution in [3.05, 3.63) is 69.6 Å². The van der Waals surface area contributed by atoms with Gasteiger partial charge in [-0.05, 0) is 40.8 Å². The highest BCUT2D eigenvalue weighted by atomic mass is 35.5. The van der Waals surface area contributed by atoms with Gasteiger partial charge in [-0.1, -0.05) is 35.9 Å². The number of halogens is 1. The largest absolute Gasteiger partial charge is 0.394 e. The molecule has 28 heavy (non-hydrogen) atoms. The van der Waals surface area contributed by atoms with Crippen molar-refractivity contribution < 1.29 is 25.2 Å². The summed E-state index contributed by atoms with van der Waals surface area (Å²) in [5.74, 6) is 0. The van der Waals surface area contributed by atoms with Crippen LogP contribution in [0.25, 0.3) is 10.1 Å². The average Bonchev–Trinajstić information content (AvgIpc) is 3.08. The van der Waals surface area contributed by atoms with Gasteiger partial charge in [0.2, 0.25) is 0 Å². The van der Waals surface area contributed by atoms with Crippen LogP contribution in [0.15, 0.2) is 48.5 Å². The number of thiophene rings is 1. The van der Waals surface area contributed by atoms with Gasteiger partial charge >= 0.3 is 0 Å². The predicted molar refractivity (Wildman–Crippen MR) is 109 cm³/mol. The third kappa shape index (κ3) is 3.82. The first-order valence-electron chi connectivity index (χ1n) is 9.03. The summed E-state index contributed by atoms with van der Waals surface area (Å²) in [5, 5.41) is 41.5. The molecule has 2 aromatic carbocycles. The van der Waals surface area contributed by atoms with Crippen molar-refractivity contribution in [2.24, 2.45) is 0 Å². The number of aliphatic hydroxyl groups excluding tert-OH is 4. The van der Waals surface area contributed by atoms with E-state index in [2.05, 4.69) is 6.07 Å². The molecule has 1 aliphatic rings. The number of benzene rings is 2. The van der Waals surface area contributed by atoms with E-state index in [9.17, 15) is 20.4 Å². The predicted octanol–water partition coefficient (Wildman–Crippen LogP) is 2.66. The number of aliphatic hydroxyl groups is 4. The summed E-state index contributed by atoms with van der Waals surface area (Å²) in [6.45, 7) is -0.439. The van der Waals surface area contributed by atoms with E-state index < -0.39 is 37.1 Å². The normalized spacial score (nSPS) is 28.0. The highest BCUT2D eigenvalue weighted by molar-refractivity contribution is 7.19. The monoisotopic (exact) mass is 420 g/mol. The van der Waals surface area contributed by atoms with Gasteiger partial charge in [0, 0.05) is 21.0 Å². The van der Waals surface area contributed by atoms with Gasteiger partial charge in [0.1, 0.15) is 30.5 Å². The first kappa shape index (κ1) is 19.8. The second-order valence-electron chi connectivity index (χ2n) is 7.07. The molecule has 7 heteroatoms. The van der Waals surface area contributed by atoms with E-state index in [1.807, 2.05) is 36.4 Å². The van der Waals surface area contributed by atoms with Gasteiger partial charge < -0.3 is 25.2 Å². The molecule has 0 saturated carbocycles. The Labute approximate surface area is 171 Å². The van der Waals surface area contributed by atoms with Crippen molar-refractivity contribution in [1.29, 1.82) is 0 Å². The Morgan fingerprint density at radius 1 is 0.964 bits per heavy atom.